The molecule has 88 valence electrons. The normalized spacial score (nSPS) is 10.7. The molecule has 2 heteroatoms. The van der Waals surface area contributed by atoms with E-state index >= 15 is 0 Å². The number of aryl methyl sites for hydroxylation is 1. The molecule has 3 aromatic rings. The molecule has 18 heavy (non-hydrogen) atoms. The van der Waals surface area contributed by atoms with E-state index in [1.807, 2.05) is 55.5 Å². The van der Waals surface area contributed by atoms with Crippen LogP contribution in [0.15, 0.2) is 63.8 Å². The fraction of sp³-hybridized carbons (Fsp3) is 0.0625. The van der Waals surface area contributed by atoms with Gasteiger partial charge in [0.25, 0.3) is 0 Å². The summed E-state index contributed by atoms with van der Waals surface area (Å²) in [5, 5.41) is 1.00. The highest BCUT2D eigenvalue weighted by Crippen LogP contribution is 2.29. The fourth-order valence-corrected chi connectivity index (χ4v) is 2.24. The lowest BCUT2D eigenvalue weighted by Crippen LogP contribution is -1.98. The third-order valence-corrected chi connectivity index (χ3v) is 3.06. The van der Waals surface area contributed by atoms with Gasteiger partial charge in [-0.15, -0.1) is 0 Å². The average Bonchev–Trinajstić information content (AvgIpc) is 2.39. The predicted molar refractivity (Wildman–Crippen MR) is 72.7 cm³/mol. The Balaban J connectivity index is 2.45. The standard InChI is InChI=1S/C16H12O2/c1-11-6-5-9-14-16(11)13(10-15(17)18-14)12-7-3-2-4-8-12/h2-10H,1H3. The van der Waals surface area contributed by atoms with Crippen LogP contribution in [0.1, 0.15) is 5.56 Å². The Morgan fingerprint density at radius 2 is 1.72 bits per heavy atom. The van der Waals surface area contributed by atoms with Gasteiger partial charge in [0.15, 0.2) is 0 Å². The van der Waals surface area contributed by atoms with E-state index in [1.54, 1.807) is 6.07 Å². The van der Waals surface area contributed by atoms with Crippen molar-refractivity contribution >= 4 is 11.0 Å². The van der Waals surface area contributed by atoms with Crippen LogP contribution in [0.4, 0.5) is 0 Å². The van der Waals surface area contributed by atoms with Gasteiger partial charge in [-0.05, 0) is 24.1 Å². The summed E-state index contributed by atoms with van der Waals surface area (Å²) in [6, 6.07) is 17.2. The molecule has 0 spiro atoms. The highest BCUT2D eigenvalue weighted by atomic mass is 16.4. The molecule has 0 saturated heterocycles. The molecule has 0 unspecified atom stereocenters. The Morgan fingerprint density at radius 3 is 2.50 bits per heavy atom. The molecular formula is C16H12O2. The summed E-state index contributed by atoms with van der Waals surface area (Å²) in [5.74, 6) is 0. The van der Waals surface area contributed by atoms with Crippen LogP contribution >= 0.6 is 0 Å². The molecule has 0 N–H and O–H groups in total. The van der Waals surface area contributed by atoms with E-state index in [4.69, 9.17) is 4.42 Å². The number of benzene rings is 2. The largest absolute Gasteiger partial charge is 0.423 e. The van der Waals surface area contributed by atoms with Crippen molar-refractivity contribution in [2.45, 2.75) is 6.92 Å². The first kappa shape index (κ1) is 10.8. The summed E-state index contributed by atoms with van der Waals surface area (Å²) in [6.45, 7) is 2.02. The van der Waals surface area contributed by atoms with E-state index in [9.17, 15) is 4.79 Å². The Morgan fingerprint density at radius 1 is 0.944 bits per heavy atom. The Labute approximate surface area is 105 Å². The molecule has 0 radical (unpaired) electrons. The molecule has 0 bridgehead atoms. The van der Waals surface area contributed by atoms with Crippen LogP contribution < -0.4 is 5.63 Å². The minimum absolute atomic E-state index is 0.313. The van der Waals surface area contributed by atoms with E-state index in [1.165, 1.54) is 0 Å². The van der Waals surface area contributed by atoms with Crippen LogP contribution in [-0.4, -0.2) is 0 Å². The zero-order chi connectivity index (χ0) is 12.5. The lowest BCUT2D eigenvalue weighted by Gasteiger charge is -2.07. The number of fused-ring (bicyclic) bond motifs is 1. The second-order valence-electron chi connectivity index (χ2n) is 4.29. The Bertz CT molecular complexity index is 755. The van der Waals surface area contributed by atoms with Crippen LogP contribution in [0.5, 0.6) is 0 Å². The first-order valence-corrected chi connectivity index (χ1v) is 5.84. The van der Waals surface area contributed by atoms with Gasteiger partial charge in [0.1, 0.15) is 5.58 Å². The van der Waals surface area contributed by atoms with E-state index in [0.29, 0.717) is 5.58 Å². The van der Waals surface area contributed by atoms with Crippen molar-refractivity contribution in [2.75, 3.05) is 0 Å². The van der Waals surface area contributed by atoms with Crippen molar-refractivity contribution in [3.63, 3.8) is 0 Å². The summed E-state index contributed by atoms with van der Waals surface area (Å²) in [7, 11) is 0. The predicted octanol–water partition coefficient (Wildman–Crippen LogP) is 3.77. The van der Waals surface area contributed by atoms with Crippen LogP contribution in [-0.2, 0) is 0 Å². The van der Waals surface area contributed by atoms with Crippen molar-refractivity contribution in [2.24, 2.45) is 0 Å². The summed E-state index contributed by atoms with van der Waals surface area (Å²) < 4.78 is 5.25. The zero-order valence-corrected chi connectivity index (χ0v) is 10.0. The molecule has 0 saturated carbocycles. The molecule has 0 aliphatic carbocycles. The summed E-state index contributed by atoms with van der Waals surface area (Å²) in [5.41, 5.74) is 3.40. The quantitative estimate of drug-likeness (QED) is 0.602. The van der Waals surface area contributed by atoms with Crippen LogP contribution in [0.3, 0.4) is 0 Å². The highest BCUT2D eigenvalue weighted by molar-refractivity contribution is 5.95. The Hall–Kier alpha value is -2.35. The molecule has 0 atom stereocenters. The number of hydrogen-bond donors (Lipinski definition) is 0. The minimum atomic E-state index is -0.313. The SMILES string of the molecule is Cc1cccc2oc(=O)cc(-c3ccccc3)c12. The van der Waals surface area contributed by atoms with E-state index < -0.39 is 0 Å². The second-order valence-corrected chi connectivity index (χ2v) is 4.29. The summed E-state index contributed by atoms with van der Waals surface area (Å²) in [6.07, 6.45) is 0. The number of rotatable bonds is 1. The van der Waals surface area contributed by atoms with Crippen LogP contribution in [0, 0.1) is 6.92 Å². The molecule has 0 amide bonds. The molecule has 3 rings (SSSR count). The molecule has 1 aromatic heterocycles. The third-order valence-electron chi connectivity index (χ3n) is 3.06. The highest BCUT2D eigenvalue weighted by Gasteiger charge is 2.09. The number of hydrogen-bond acceptors (Lipinski definition) is 2. The maximum absolute atomic E-state index is 11.6. The molecule has 2 nitrogen and oxygen atoms in total. The molecular weight excluding hydrogens is 224 g/mol. The van der Waals surface area contributed by atoms with Gasteiger partial charge in [0, 0.05) is 17.0 Å². The fourth-order valence-electron chi connectivity index (χ4n) is 2.24. The molecule has 0 aliphatic rings. The molecule has 0 aliphatic heterocycles. The maximum Gasteiger partial charge on any atom is 0.336 e. The van der Waals surface area contributed by atoms with Gasteiger partial charge >= 0.3 is 5.63 Å². The van der Waals surface area contributed by atoms with Gasteiger partial charge in [-0.1, -0.05) is 42.5 Å². The van der Waals surface area contributed by atoms with E-state index in [0.717, 1.165) is 22.1 Å². The van der Waals surface area contributed by atoms with Crippen molar-refractivity contribution < 1.29 is 4.42 Å². The monoisotopic (exact) mass is 236 g/mol. The smallest absolute Gasteiger partial charge is 0.336 e. The van der Waals surface area contributed by atoms with Gasteiger partial charge in [-0.3, -0.25) is 0 Å². The zero-order valence-electron chi connectivity index (χ0n) is 10.0. The van der Waals surface area contributed by atoms with Gasteiger partial charge in [-0.25, -0.2) is 4.79 Å². The molecule has 1 heterocycles. The van der Waals surface area contributed by atoms with Gasteiger partial charge in [-0.2, -0.15) is 0 Å². The van der Waals surface area contributed by atoms with Crippen molar-refractivity contribution in [3.05, 3.63) is 70.6 Å². The average molecular weight is 236 g/mol. The summed E-state index contributed by atoms with van der Waals surface area (Å²) >= 11 is 0. The first-order chi connectivity index (χ1) is 8.75. The molecule has 2 aromatic carbocycles. The third kappa shape index (κ3) is 1.72. The first-order valence-electron chi connectivity index (χ1n) is 5.84. The van der Waals surface area contributed by atoms with Crippen molar-refractivity contribution in [1.29, 1.82) is 0 Å². The topological polar surface area (TPSA) is 30.2 Å². The van der Waals surface area contributed by atoms with E-state index in [-0.39, 0.29) is 5.63 Å². The van der Waals surface area contributed by atoms with Crippen LogP contribution in [0.25, 0.3) is 22.1 Å². The summed E-state index contributed by atoms with van der Waals surface area (Å²) in [4.78, 5) is 11.6. The van der Waals surface area contributed by atoms with Gasteiger partial charge in [0.2, 0.25) is 0 Å². The van der Waals surface area contributed by atoms with Crippen molar-refractivity contribution in [1.82, 2.24) is 0 Å². The lowest BCUT2D eigenvalue weighted by atomic mass is 9.99. The van der Waals surface area contributed by atoms with Gasteiger partial charge < -0.3 is 4.42 Å². The van der Waals surface area contributed by atoms with E-state index in [2.05, 4.69) is 0 Å². The van der Waals surface area contributed by atoms with Crippen molar-refractivity contribution in [3.8, 4) is 11.1 Å². The van der Waals surface area contributed by atoms with Gasteiger partial charge in [0.05, 0.1) is 0 Å². The Kier molecular flexibility index (Phi) is 2.49. The minimum Gasteiger partial charge on any atom is -0.423 e. The molecule has 0 fully saturated rings. The second kappa shape index (κ2) is 4.15. The maximum atomic E-state index is 11.6. The lowest BCUT2D eigenvalue weighted by molar-refractivity contribution is 0.561. The van der Waals surface area contributed by atoms with Crippen LogP contribution in [0.2, 0.25) is 0 Å².